The second kappa shape index (κ2) is 5.51. The van der Waals surface area contributed by atoms with E-state index in [2.05, 4.69) is 25.7 Å². The van der Waals surface area contributed by atoms with Crippen LogP contribution in [0.3, 0.4) is 0 Å². The maximum atomic E-state index is 11.7. The number of carbonyl (C=O) groups excluding carboxylic acids is 1. The van der Waals surface area contributed by atoms with Gasteiger partial charge in [-0.15, -0.1) is 20.4 Å². The van der Waals surface area contributed by atoms with Gasteiger partial charge in [-0.25, -0.2) is 0 Å². The third-order valence-corrected chi connectivity index (χ3v) is 3.63. The number of fused-ring (bicyclic) bond motifs is 1. The van der Waals surface area contributed by atoms with E-state index in [0.29, 0.717) is 13.0 Å². The van der Waals surface area contributed by atoms with Crippen LogP contribution in [0.5, 0.6) is 0 Å². The van der Waals surface area contributed by atoms with Gasteiger partial charge in [0.05, 0.1) is 0 Å². The van der Waals surface area contributed by atoms with Gasteiger partial charge in [-0.3, -0.25) is 9.20 Å². The van der Waals surface area contributed by atoms with Crippen molar-refractivity contribution in [1.82, 2.24) is 30.1 Å². The number of nitrogens with one attached hydrogen (secondary N) is 1. The van der Waals surface area contributed by atoms with Gasteiger partial charge in [0.1, 0.15) is 5.82 Å². The quantitative estimate of drug-likeness (QED) is 0.783. The molecule has 3 aromatic rings. The molecule has 0 saturated heterocycles. The maximum Gasteiger partial charge on any atom is 0.282 e. The van der Waals surface area contributed by atoms with Gasteiger partial charge < -0.3 is 5.32 Å². The topological polar surface area (TPSA) is 85.1 Å². The standard InChI is InChI=1S/C11H9ClN6OS/c12-11-17-16-10(20-11)9(19)13-5-4-8-15-14-7-3-1-2-6-18(7)8/h1-3,6H,4-5H2,(H,13,19). The summed E-state index contributed by atoms with van der Waals surface area (Å²) in [6, 6.07) is 5.68. The number of hydrogen-bond donors (Lipinski definition) is 1. The van der Waals surface area contributed by atoms with Crippen molar-refractivity contribution in [2.45, 2.75) is 6.42 Å². The zero-order valence-electron chi connectivity index (χ0n) is 10.2. The fraction of sp³-hybridized carbons (Fsp3) is 0.182. The molecule has 0 aliphatic heterocycles. The molecular weight excluding hydrogens is 300 g/mol. The fourth-order valence-electron chi connectivity index (χ4n) is 1.72. The van der Waals surface area contributed by atoms with Crippen molar-refractivity contribution in [2.75, 3.05) is 6.54 Å². The number of aromatic nitrogens is 5. The van der Waals surface area contributed by atoms with Crippen LogP contribution in [0, 0.1) is 0 Å². The molecule has 1 amide bonds. The summed E-state index contributed by atoms with van der Waals surface area (Å²) in [4.78, 5) is 11.7. The number of carbonyl (C=O) groups is 1. The summed E-state index contributed by atoms with van der Waals surface area (Å²) in [5.74, 6) is 0.499. The van der Waals surface area contributed by atoms with Gasteiger partial charge in [0.2, 0.25) is 9.47 Å². The minimum atomic E-state index is -0.289. The zero-order valence-corrected chi connectivity index (χ0v) is 11.7. The lowest BCUT2D eigenvalue weighted by molar-refractivity contribution is 0.0953. The van der Waals surface area contributed by atoms with E-state index in [1.807, 2.05) is 28.8 Å². The predicted molar refractivity (Wildman–Crippen MR) is 73.9 cm³/mol. The maximum absolute atomic E-state index is 11.7. The van der Waals surface area contributed by atoms with Gasteiger partial charge in [-0.2, -0.15) is 0 Å². The van der Waals surface area contributed by atoms with Crippen LogP contribution in [0.25, 0.3) is 5.65 Å². The first-order valence-electron chi connectivity index (χ1n) is 5.80. The summed E-state index contributed by atoms with van der Waals surface area (Å²) >= 11 is 6.67. The van der Waals surface area contributed by atoms with Gasteiger partial charge in [0.25, 0.3) is 5.91 Å². The van der Waals surface area contributed by atoms with E-state index in [-0.39, 0.29) is 15.4 Å². The van der Waals surface area contributed by atoms with Crippen LogP contribution in [0.15, 0.2) is 24.4 Å². The van der Waals surface area contributed by atoms with Crippen LogP contribution in [0.2, 0.25) is 4.47 Å². The normalized spacial score (nSPS) is 10.8. The lowest BCUT2D eigenvalue weighted by Gasteiger charge is -2.01. The molecule has 9 heteroatoms. The number of rotatable bonds is 4. The third kappa shape index (κ3) is 2.61. The number of halogens is 1. The molecule has 3 rings (SSSR count). The van der Waals surface area contributed by atoms with E-state index < -0.39 is 0 Å². The molecule has 0 aromatic carbocycles. The highest BCUT2D eigenvalue weighted by Gasteiger charge is 2.12. The van der Waals surface area contributed by atoms with Gasteiger partial charge in [0, 0.05) is 19.2 Å². The van der Waals surface area contributed by atoms with Gasteiger partial charge in [-0.1, -0.05) is 17.4 Å². The number of amides is 1. The van der Waals surface area contributed by atoms with Gasteiger partial charge >= 0.3 is 0 Å². The van der Waals surface area contributed by atoms with E-state index >= 15 is 0 Å². The Labute approximate surface area is 122 Å². The van der Waals surface area contributed by atoms with Crippen molar-refractivity contribution >= 4 is 34.5 Å². The Balaban J connectivity index is 1.61. The van der Waals surface area contributed by atoms with Crippen molar-refractivity contribution in [3.05, 3.63) is 39.7 Å². The Hall–Kier alpha value is -2.06. The lowest BCUT2D eigenvalue weighted by atomic mass is 10.4. The molecule has 0 radical (unpaired) electrons. The molecular formula is C11H9ClN6OS. The molecule has 102 valence electrons. The minimum Gasteiger partial charge on any atom is -0.349 e. The van der Waals surface area contributed by atoms with Crippen molar-refractivity contribution in [1.29, 1.82) is 0 Å². The molecule has 20 heavy (non-hydrogen) atoms. The van der Waals surface area contributed by atoms with Crippen molar-refractivity contribution in [3.63, 3.8) is 0 Å². The summed E-state index contributed by atoms with van der Waals surface area (Å²) in [5.41, 5.74) is 0.782. The highest BCUT2D eigenvalue weighted by molar-refractivity contribution is 7.17. The minimum absolute atomic E-state index is 0.249. The lowest BCUT2D eigenvalue weighted by Crippen LogP contribution is -2.26. The fourth-order valence-corrected chi connectivity index (χ4v) is 2.47. The average molecular weight is 309 g/mol. The van der Waals surface area contributed by atoms with Crippen LogP contribution < -0.4 is 5.32 Å². The van der Waals surface area contributed by atoms with E-state index in [0.717, 1.165) is 22.8 Å². The molecule has 0 bridgehead atoms. The number of pyridine rings is 1. The molecule has 1 N–H and O–H groups in total. The SMILES string of the molecule is O=C(NCCc1nnc2ccccn12)c1nnc(Cl)s1. The van der Waals surface area contributed by atoms with E-state index in [1.54, 1.807) is 0 Å². The Morgan fingerprint density at radius 3 is 3.00 bits per heavy atom. The summed E-state index contributed by atoms with van der Waals surface area (Å²) in [6.07, 6.45) is 2.46. The van der Waals surface area contributed by atoms with Crippen LogP contribution in [-0.2, 0) is 6.42 Å². The summed E-state index contributed by atoms with van der Waals surface area (Å²) < 4.78 is 2.13. The Morgan fingerprint density at radius 1 is 1.30 bits per heavy atom. The van der Waals surface area contributed by atoms with Crippen LogP contribution in [0.4, 0.5) is 0 Å². The smallest absolute Gasteiger partial charge is 0.282 e. The van der Waals surface area contributed by atoms with Crippen LogP contribution >= 0.6 is 22.9 Å². The molecule has 0 atom stereocenters. The Kier molecular flexibility index (Phi) is 3.57. The van der Waals surface area contributed by atoms with Gasteiger partial charge in [-0.05, 0) is 23.7 Å². The summed E-state index contributed by atoms with van der Waals surface area (Å²) in [7, 11) is 0. The highest BCUT2D eigenvalue weighted by Crippen LogP contribution is 2.14. The predicted octanol–water partition coefficient (Wildman–Crippen LogP) is 1.21. The third-order valence-electron chi connectivity index (χ3n) is 2.61. The summed E-state index contributed by atoms with van der Waals surface area (Å²) in [6.45, 7) is 0.436. The zero-order chi connectivity index (χ0) is 13.9. The molecule has 7 nitrogen and oxygen atoms in total. The molecule has 3 aromatic heterocycles. The molecule has 0 aliphatic rings. The van der Waals surface area contributed by atoms with E-state index in [4.69, 9.17) is 11.6 Å². The van der Waals surface area contributed by atoms with Crippen LogP contribution in [0.1, 0.15) is 15.6 Å². The van der Waals surface area contributed by atoms with Crippen LogP contribution in [-0.4, -0.2) is 37.2 Å². The molecule has 0 fully saturated rings. The number of hydrogen-bond acceptors (Lipinski definition) is 6. The Morgan fingerprint density at radius 2 is 2.20 bits per heavy atom. The average Bonchev–Trinajstić information content (AvgIpc) is 3.06. The molecule has 0 aliphatic carbocycles. The first-order valence-corrected chi connectivity index (χ1v) is 6.99. The summed E-state index contributed by atoms with van der Waals surface area (Å²) in [5, 5.41) is 18.4. The monoisotopic (exact) mass is 308 g/mol. The van der Waals surface area contributed by atoms with E-state index in [1.165, 1.54) is 0 Å². The molecule has 0 saturated carbocycles. The first-order chi connectivity index (χ1) is 9.74. The number of nitrogens with zero attached hydrogens (tertiary/aromatic N) is 5. The van der Waals surface area contributed by atoms with Crippen molar-refractivity contribution in [2.24, 2.45) is 0 Å². The van der Waals surface area contributed by atoms with Gasteiger partial charge in [0.15, 0.2) is 5.65 Å². The van der Waals surface area contributed by atoms with E-state index in [9.17, 15) is 4.79 Å². The molecule has 0 spiro atoms. The Bertz CT molecular complexity index is 754. The first kappa shape index (κ1) is 12.9. The van der Waals surface area contributed by atoms with Crippen molar-refractivity contribution < 1.29 is 4.79 Å². The molecule has 0 unspecified atom stereocenters. The second-order valence-corrected chi connectivity index (χ2v) is 5.47. The largest absolute Gasteiger partial charge is 0.349 e. The highest BCUT2D eigenvalue weighted by atomic mass is 35.5. The second-order valence-electron chi connectivity index (χ2n) is 3.91. The molecule has 3 heterocycles. The van der Waals surface area contributed by atoms with Crippen molar-refractivity contribution in [3.8, 4) is 0 Å².